The van der Waals surface area contributed by atoms with Crippen molar-refractivity contribution in [3.63, 3.8) is 0 Å². The highest BCUT2D eigenvalue weighted by Crippen LogP contribution is 2.36. The molecule has 0 fully saturated rings. The summed E-state index contributed by atoms with van der Waals surface area (Å²) >= 11 is 1.44. The lowest BCUT2D eigenvalue weighted by molar-refractivity contribution is 0.122. The van der Waals surface area contributed by atoms with E-state index < -0.39 is 5.60 Å². The highest BCUT2D eigenvalue weighted by atomic mass is 32.1. The number of thiazole rings is 1. The van der Waals surface area contributed by atoms with Gasteiger partial charge in [-0.15, -0.1) is 11.3 Å². The molecule has 2 aromatic rings. The molecule has 0 bridgehead atoms. The largest absolute Gasteiger partial charge is 0.378 e. The maximum atomic E-state index is 10.8. The van der Waals surface area contributed by atoms with Crippen molar-refractivity contribution < 1.29 is 5.11 Å². The number of aliphatic hydroxyl groups is 1. The van der Waals surface area contributed by atoms with E-state index in [0.717, 1.165) is 11.1 Å². The first kappa shape index (κ1) is 12.7. The molecule has 0 aliphatic carbocycles. The molecule has 2 rings (SSSR count). The van der Waals surface area contributed by atoms with Gasteiger partial charge in [0.05, 0.1) is 0 Å². The molecule has 0 aliphatic rings. The van der Waals surface area contributed by atoms with Crippen LogP contribution in [0.5, 0.6) is 0 Å². The molecule has 18 heavy (non-hydrogen) atoms. The SMILES string of the molecule is C=C/C=C(\c1ccccc1)[C@](C)(O)c1nccs1. The lowest BCUT2D eigenvalue weighted by Gasteiger charge is -2.24. The predicted octanol–water partition coefficient (Wildman–Crippen LogP) is 3.62. The maximum absolute atomic E-state index is 10.8. The van der Waals surface area contributed by atoms with E-state index in [1.54, 1.807) is 19.2 Å². The lowest BCUT2D eigenvalue weighted by atomic mass is 9.89. The first-order valence-corrected chi connectivity index (χ1v) is 6.55. The maximum Gasteiger partial charge on any atom is 0.139 e. The van der Waals surface area contributed by atoms with Gasteiger partial charge < -0.3 is 5.11 Å². The summed E-state index contributed by atoms with van der Waals surface area (Å²) in [7, 11) is 0. The van der Waals surface area contributed by atoms with E-state index in [0.29, 0.717) is 5.01 Å². The molecule has 0 unspecified atom stereocenters. The van der Waals surface area contributed by atoms with Gasteiger partial charge in [0.25, 0.3) is 0 Å². The second kappa shape index (κ2) is 5.29. The van der Waals surface area contributed by atoms with Crippen molar-refractivity contribution >= 4 is 16.9 Å². The Labute approximate surface area is 111 Å². The summed E-state index contributed by atoms with van der Waals surface area (Å²) in [6.07, 6.45) is 5.21. The number of hydrogen-bond acceptors (Lipinski definition) is 3. The first-order chi connectivity index (χ1) is 8.66. The van der Waals surface area contributed by atoms with Gasteiger partial charge in [0, 0.05) is 11.6 Å². The van der Waals surface area contributed by atoms with Crippen LogP contribution in [0.15, 0.2) is 60.6 Å². The molecule has 0 aliphatic heterocycles. The topological polar surface area (TPSA) is 33.1 Å². The zero-order valence-electron chi connectivity index (χ0n) is 10.2. The average Bonchev–Trinajstić information content (AvgIpc) is 2.91. The van der Waals surface area contributed by atoms with Crippen LogP contribution >= 0.6 is 11.3 Å². The van der Waals surface area contributed by atoms with Crippen molar-refractivity contribution in [1.82, 2.24) is 4.98 Å². The Kier molecular flexibility index (Phi) is 3.75. The third-order valence-electron chi connectivity index (χ3n) is 2.74. The minimum atomic E-state index is -1.11. The van der Waals surface area contributed by atoms with E-state index >= 15 is 0 Å². The molecular formula is C15H15NOS. The van der Waals surface area contributed by atoms with Crippen LogP contribution in [0.3, 0.4) is 0 Å². The third-order valence-corrected chi connectivity index (χ3v) is 3.73. The monoisotopic (exact) mass is 257 g/mol. The molecule has 0 radical (unpaired) electrons. The number of rotatable bonds is 4. The van der Waals surface area contributed by atoms with Crippen molar-refractivity contribution in [2.45, 2.75) is 12.5 Å². The Hall–Kier alpha value is -1.71. The summed E-state index contributed by atoms with van der Waals surface area (Å²) in [5, 5.41) is 13.3. The van der Waals surface area contributed by atoms with E-state index in [9.17, 15) is 5.11 Å². The van der Waals surface area contributed by atoms with Crippen molar-refractivity contribution in [2.75, 3.05) is 0 Å². The highest BCUT2D eigenvalue weighted by Gasteiger charge is 2.31. The van der Waals surface area contributed by atoms with Crippen LogP contribution in [-0.2, 0) is 5.60 Å². The Morgan fingerprint density at radius 1 is 1.39 bits per heavy atom. The van der Waals surface area contributed by atoms with Gasteiger partial charge in [0.1, 0.15) is 10.6 Å². The van der Waals surface area contributed by atoms with Gasteiger partial charge in [-0.25, -0.2) is 4.98 Å². The first-order valence-electron chi connectivity index (χ1n) is 5.67. The van der Waals surface area contributed by atoms with Crippen LogP contribution in [0.4, 0.5) is 0 Å². The Balaban J connectivity index is 2.50. The minimum absolute atomic E-state index is 0.680. The van der Waals surface area contributed by atoms with Gasteiger partial charge in [-0.2, -0.15) is 0 Å². The van der Waals surface area contributed by atoms with Crippen LogP contribution in [-0.4, -0.2) is 10.1 Å². The van der Waals surface area contributed by atoms with E-state index in [2.05, 4.69) is 11.6 Å². The van der Waals surface area contributed by atoms with Gasteiger partial charge >= 0.3 is 0 Å². The summed E-state index contributed by atoms with van der Waals surface area (Å²) < 4.78 is 0. The van der Waals surface area contributed by atoms with Crippen LogP contribution in [0, 0.1) is 0 Å². The Morgan fingerprint density at radius 3 is 2.67 bits per heavy atom. The summed E-state index contributed by atoms with van der Waals surface area (Å²) in [5.41, 5.74) is 0.662. The quantitative estimate of drug-likeness (QED) is 0.849. The highest BCUT2D eigenvalue weighted by molar-refractivity contribution is 7.09. The normalized spacial score (nSPS) is 15.1. The van der Waals surface area contributed by atoms with Crippen LogP contribution in [0.1, 0.15) is 17.5 Å². The number of nitrogens with zero attached hydrogens (tertiary/aromatic N) is 1. The van der Waals surface area contributed by atoms with Crippen molar-refractivity contribution in [3.05, 3.63) is 71.2 Å². The second-order valence-electron chi connectivity index (χ2n) is 4.09. The fraction of sp³-hybridized carbons (Fsp3) is 0.133. The van der Waals surface area contributed by atoms with Gasteiger partial charge in [-0.05, 0) is 18.1 Å². The number of hydrogen-bond donors (Lipinski definition) is 1. The molecular weight excluding hydrogens is 242 g/mol. The van der Waals surface area contributed by atoms with Crippen molar-refractivity contribution in [3.8, 4) is 0 Å². The molecule has 1 N–H and O–H groups in total. The molecule has 0 saturated carbocycles. The fourth-order valence-corrected chi connectivity index (χ4v) is 2.57. The molecule has 0 spiro atoms. The van der Waals surface area contributed by atoms with E-state index in [4.69, 9.17) is 0 Å². The lowest BCUT2D eigenvalue weighted by Crippen LogP contribution is -2.23. The summed E-state index contributed by atoms with van der Waals surface area (Å²) in [5.74, 6) is 0. The van der Waals surface area contributed by atoms with E-state index in [1.807, 2.05) is 41.8 Å². The smallest absolute Gasteiger partial charge is 0.139 e. The van der Waals surface area contributed by atoms with Crippen molar-refractivity contribution in [1.29, 1.82) is 0 Å². The molecule has 2 nitrogen and oxygen atoms in total. The van der Waals surface area contributed by atoms with Crippen molar-refractivity contribution in [2.24, 2.45) is 0 Å². The van der Waals surface area contributed by atoms with Crippen LogP contribution in [0.2, 0.25) is 0 Å². The molecule has 92 valence electrons. The summed E-state index contributed by atoms with van der Waals surface area (Å²) in [4.78, 5) is 4.21. The minimum Gasteiger partial charge on any atom is -0.378 e. The van der Waals surface area contributed by atoms with Gasteiger partial charge in [0.15, 0.2) is 0 Å². The zero-order valence-corrected chi connectivity index (χ0v) is 11.0. The molecule has 1 atom stereocenters. The zero-order chi connectivity index (χ0) is 13.0. The molecule has 1 heterocycles. The van der Waals surface area contributed by atoms with Gasteiger partial charge in [0.2, 0.25) is 0 Å². The summed E-state index contributed by atoms with van der Waals surface area (Å²) in [6.45, 7) is 5.47. The number of allylic oxidation sites excluding steroid dienone is 2. The van der Waals surface area contributed by atoms with Gasteiger partial charge in [-0.3, -0.25) is 0 Å². The fourth-order valence-electron chi connectivity index (χ4n) is 1.85. The third kappa shape index (κ3) is 2.42. The molecule has 0 saturated heterocycles. The van der Waals surface area contributed by atoms with Crippen LogP contribution < -0.4 is 0 Å². The Bertz CT molecular complexity index is 541. The molecule has 1 aromatic carbocycles. The molecule has 3 heteroatoms. The Morgan fingerprint density at radius 2 is 2.11 bits per heavy atom. The number of aromatic nitrogens is 1. The van der Waals surface area contributed by atoms with E-state index in [-0.39, 0.29) is 0 Å². The molecule has 1 aromatic heterocycles. The molecule has 0 amide bonds. The average molecular weight is 257 g/mol. The number of benzene rings is 1. The van der Waals surface area contributed by atoms with E-state index in [1.165, 1.54) is 11.3 Å². The van der Waals surface area contributed by atoms with Gasteiger partial charge in [-0.1, -0.05) is 49.1 Å². The van der Waals surface area contributed by atoms with Crippen LogP contribution in [0.25, 0.3) is 5.57 Å². The second-order valence-corrected chi connectivity index (χ2v) is 4.99. The predicted molar refractivity (Wildman–Crippen MR) is 76.3 cm³/mol. The standard InChI is InChI=1S/C15H15NOS/c1-3-7-13(12-8-5-4-6-9-12)15(2,17)14-16-10-11-18-14/h3-11,17H,1H2,2H3/b13-7+/t15-/m0/s1. The summed E-state index contributed by atoms with van der Waals surface area (Å²) in [6, 6.07) is 9.79.